The monoisotopic (exact) mass is 310 g/mol. The number of rotatable bonds is 5. The topological polar surface area (TPSA) is 24.9 Å². The molecule has 1 aromatic rings. The number of hydrogen-bond acceptors (Lipinski definition) is 3. The van der Waals surface area contributed by atoms with Crippen LogP contribution in [0.25, 0.3) is 0 Å². The summed E-state index contributed by atoms with van der Waals surface area (Å²) in [5.41, 5.74) is 1.88. The normalized spacial score (nSPS) is 13.5. The maximum atomic E-state index is 4.05. The smallest absolute Gasteiger partial charge is 0.0794 e. The van der Waals surface area contributed by atoms with Gasteiger partial charge in [0, 0.05) is 28.1 Å². The number of nitrogens with one attached hydrogen (secondary N) is 1. The molecule has 0 saturated heterocycles. The van der Waals surface area contributed by atoms with Crippen molar-refractivity contribution in [2.45, 2.75) is 26.4 Å². The van der Waals surface area contributed by atoms with Gasteiger partial charge in [0.05, 0.1) is 5.51 Å². The molecule has 0 saturated carbocycles. The Labute approximate surface area is 97.3 Å². The maximum absolute atomic E-state index is 4.05. The van der Waals surface area contributed by atoms with Gasteiger partial charge in [0.2, 0.25) is 0 Å². The molecule has 0 aliphatic carbocycles. The Morgan fingerprint density at radius 3 is 2.85 bits per heavy atom. The number of nitrogens with zero attached hydrogens (tertiary/aromatic N) is 1. The van der Waals surface area contributed by atoms with E-state index in [1.165, 1.54) is 4.88 Å². The molecule has 13 heavy (non-hydrogen) atoms. The van der Waals surface area contributed by atoms with E-state index in [4.69, 9.17) is 0 Å². The van der Waals surface area contributed by atoms with Crippen LogP contribution in [0.15, 0.2) is 11.7 Å². The maximum Gasteiger partial charge on any atom is 0.0794 e. The fourth-order valence-electron chi connectivity index (χ4n) is 1.03. The van der Waals surface area contributed by atoms with Crippen molar-refractivity contribution in [2.75, 3.05) is 4.43 Å². The molecule has 0 radical (unpaired) electrons. The van der Waals surface area contributed by atoms with E-state index in [1.807, 2.05) is 11.7 Å². The van der Waals surface area contributed by atoms with Gasteiger partial charge in [0.1, 0.15) is 0 Å². The average molecular weight is 310 g/mol. The summed E-state index contributed by atoms with van der Waals surface area (Å²) in [6, 6.07) is 0.614. The Balaban J connectivity index is 2.32. The van der Waals surface area contributed by atoms with Gasteiger partial charge in [-0.05, 0) is 5.92 Å². The highest BCUT2D eigenvalue weighted by Gasteiger charge is 2.10. The predicted octanol–water partition coefficient (Wildman–Crippen LogP) is 2.69. The van der Waals surface area contributed by atoms with Crippen molar-refractivity contribution < 1.29 is 0 Å². The lowest BCUT2D eigenvalue weighted by Gasteiger charge is -2.19. The van der Waals surface area contributed by atoms with Gasteiger partial charge in [-0.2, -0.15) is 0 Å². The van der Waals surface area contributed by atoms with Crippen LogP contribution in [0.2, 0.25) is 0 Å². The van der Waals surface area contributed by atoms with Crippen LogP contribution in [0.4, 0.5) is 0 Å². The first-order valence-corrected chi connectivity index (χ1v) is 6.81. The number of thiazole rings is 1. The number of aromatic nitrogens is 1. The summed E-state index contributed by atoms with van der Waals surface area (Å²) in [4.78, 5) is 5.36. The third kappa shape index (κ3) is 3.91. The van der Waals surface area contributed by atoms with Gasteiger partial charge >= 0.3 is 0 Å². The van der Waals surface area contributed by atoms with Crippen molar-refractivity contribution >= 4 is 33.9 Å². The molecule has 0 fully saturated rings. The van der Waals surface area contributed by atoms with Crippen molar-refractivity contribution in [1.82, 2.24) is 10.3 Å². The van der Waals surface area contributed by atoms with Gasteiger partial charge < -0.3 is 5.32 Å². The van der Waals surface area contributed by atoms with E-state index < -0.39 is 0 Å². The molecular weight excluding hydrogens is 295 g/mol. The molecule has 2 nitrogen and oxygen atoms in total. The Morgan fingerprint density at radius 2 is 2.38 bits per heavy atom. The molecule has 1 aromatic heterocycles. The third-order valence-corrected chi connectivity index (χ3v) is 3.72. The van der Waals surface area contributed by atoms with Crippen molar-refractivity contribution in [3.05, 3.63) is 16.6 Å². The Hall–Kier alpha value is 0.320. The summed E-state index contributed by atoms with van der Waals surface area (Å²) in [7, 11) is 0. The molecule has 1 heterocycles. The lowest BCUT2D eigenvalue weighted by atomic mass is 10.1. The van der Waals surface area contributed by atoms with Gasteiger partial charge in [0.15, 0.2) is 0 Å². The Kier molecular flexibility index (Phi) is 5.20. The van der Waals surface area contributed by atoms with Gasteiger partial charge in [-0.1, -0.05) is 36.4 Å². The molecule has 1 atom stereocenters. The summed E-state index contributed by atoms with van der Waals surface area (Å²) in [6.07, 6.45) is 1.93. The number of halogens is 1. The fraction of sp³-hybridized carbons (Fsp3) is 0.667. The molecule has 0 aliphatic heterocycles. The largest absolute Gasteiger partial charge is 0.308 e. The van der Waals surface area contributed by atoms with Crippen LogP contribution in [-0.4, -0.2) is 15.5 Å². The van der Waals surface area contributed by atoms with Crippen LogP contribution in [0.1, 0.15) is 18.7 Å². The summed E-state index contributed by atoms with van der Waals surface area (Å²) < 4.78 is 1.16. The standard InChI is InChI=1S/C9H15IN2S/c1-7(2)9(3-10)12-5-8-4-11-6-13-8/h4,6-7,9,12H,3,5H2,1-2H3. The average Bonchev–Trinajstić information content (AvgIpc) is 2.57. The van der Waals surface area contributed by atoms with E-state index in [-0.39, 0.29) is 0 Å². The van der Waals surface area contributed by atoms with E-state index in [2.05, 4.69) is 46.7 Å². The lowest BCUT2D eigenvalue weighted by molar-refractivity contribution is 0.438. The molecule has 1 rings (SSSR count). The highest BCUT2D eigenvalue weighted by molar-refractivity contribution is 14.1. The lowest BCUT2D eigenvalue weighted by Crippen LogP contribution is -2.34. The summed E-state index contributed by atoms with van der Waals surface area (Å²) in [5.74, 6) is 0.699. The van der Waals surface area contributed by atoms with E-state index in [1.54, 1.807) is 11.3 Å². The first-order chi connectivity index (χ1) is 6.24. The second kappa shape index (κ2) is 5.93. The van der Waals surface area contributed by atoms with Gasteiger partial charge in [-0.15, -0.1) is 11.3 Å². The van der Waals surface area contributed by atoms with Crippen LogP contribution in [0.3, 0.4) is 0 Å². The molecule has 1 unspecified atom stereocenters. The second-order valence-electron chi connectivity index (χ2n) is 3.35. The van der Waals surface area contributed by atoms with E-state index >= 15 is 0 Å². The summed E-state index contributed by atoms with van der Waals surface area (Å²) in [6.45, 7) is 5.46. The fourth-order valence-corrected chi connectivity index (χ4v) is 2.90. The highest BCUT2D eigenvalue weighted by atomic mass is 127. The zero-order chi connectivity index (χ0) is 9.68. The summed E-state index contributed by atoms with van der Waals surface area (Å²) in [5, 5.41) is 3.53. The molecule has 0 spiro atoms. The minimum atomic E-state index is 0.614. The van der Waals surface area contributed by atoms with Crippen molar-refractivity contribution in [1.29, 1.82) is 0 Å². The second-order valence-corrected chi connectivity index (χ2v) is 5.21. The van der Waals surface area contributed by atoms with E-state index in [0.29, 0.717) is 12.0 Å². The van der Waals surface area contributed by atoms with Gasteiger partial charge in [-0.3, -0.25) is 4.98 Å². The first-order valence-electron chi connectivity index (χ1n) is 4.40. The van der Waals surface area contributed by atoms with Gasteiger partial charge in [0.25, 0.3) is 0 Å². The minimum absolute atomic E-state index is 0.614. The number of alkyl halides is 1. The molecule has 0 bridgehead atoms. The molecule has 1 N–H and O–H groups in total. The van der Waals surface area contributed by atoms with Crippen LogP contribution < -0.4 is 5.32 Å². The van der Waals surface area contributed by atoms with E-state index in [0.717, 1.165) is 11.0 Å². The molecule has 4 heteroatoms. The highest BCUT2D eigenvalue weighted by Crippen LogP contribution is 2.09. The quantitative estimate of drug-likeness (QED) is 0.668. The minimum Gasteiger partial charge on any atom is -0.308 e. The van der Waals surface area contributed by atoms with Crippen LogP contribution in [0, 0.1) is 5.92 Å². The zero-order valence-corrected chi connectivity index (χ0v) is 10.9. The Morgan fingerprint density at radius 1 is 1.62 bits per heavy atom. The SMILES string of the molecule is CC(C)C(CI)NCc1cncs1. The molecule has 0 amide bonds. The van der Waals surface area contributed by atoms with E-state index in [9.17, 15) is 0 Å². The van der Waals surface area contributed by atoms with Crippen molar-refractivity contribution in [3.8, 4) is 0 Å². The Bertz CT molecular complexity index is 224. The first kappa shape index (κ1) is 11.4. The van der Waals surface area contributed by atoms with Crippen LogP contribution in [0.5, 0.6) is 0 Å². The molecule has 74 valence electrons. The van der Waals surface area contributed by atoms with Crippen LogP contribution in [-0.2, 0) is 6.54 Å². The van der Waals surface area contributed by atoms with Crippen molar-refractivity contribution in [2.24, 2.45) is 5.92 Å². The zero-order valence-electron chi connectivity index (χ0n) is 7.96. The summed E-state index contributed by atoms with van der Waals surface area (Å²) >= 11 is 4.14. The predicted molar refractivity (Wildman–Crippen MR) is 66.5 cm³/mol. The van der Waals surface area contributed by atoms with Crippen LogP contribution >= 0.6 is 33.9 Å². The van der Waals surface area contributed by atoms with Gasteiger partial charge in [-0.25, -0.2) is 0 Å². The third-order valence-electron chi connectivity index (χ3n) is 1.99. The van der Waals surface area contributed by atoms with Crippen molar-refractivity contribution in [3.63, 3.8) is 0 Å². The molecular formula is C9H15IN2S. The molecule has 0 aliphatic rings. The molecule has 0 aromatic carbocycles. The number of hydrogen-bond donors (Lipinski definition) is 1.